The number of ether oxygens (including phenoxy) is 1. The first kappa shape index (κ1) is 15.5. The van der Waals surface area contributed by atoms with Crippen LogP contribution in [0, 0.1) is 5.82 Å². The van der Waals surface area contributed by atoms with Gasteiger partial charge in [0.1, 0.15) is 12.4 Å². The molecule has 0 saturated heterocycles. The van der Waals surface area contributed by atoms with E-state index >= 15 is 0 Å². The van der Waals surface area contributed by atoms with Crippen LogP contribution in [0.1, 0.15) is 12.0 Å². The lowest BCUT2D eigenvalue weighted by atomic mass is 10.1. The standard InChI is InChI=1S/C16H15FN2O3/c17-14-8-4-3-7-13(14)10-22-15(19-18)11-5-1-2-6-12(9-11)16(20)21/h1-5,7-9H,6,10,18H2,(H,20,21)/b19-15-. The summed E-state index contributed by atoms with van der Waals surface area (Å²) in [6, 6.07) is 6.19. The molecule has 1 aliphatic rings. The summed E-state index contributed by atoms with van der Waals surface area (Å²) in [6.07, 6.45) is 6.77. The molecule has 114 valence electrons. The van der Waals surface area contributed by atoms with Crippen molar-refractivity contribution in [2.75, 3.05) is 0 Å². The number of nitrogens with zero attached hydrogens (tertiary/aromatic N) is 1. The maximum atomic E-state index is 13.6. The molecule has 22 heavy (non-hydrogen) atoms. The Balaban J connectivity index is 2.16. The van der Waals surface area contributed by atoms with Crippen LogP contribution in [-0.2, 0) is 16.1 Å². The van der Waals surface area contributed by atoms with Crippen LogP contribution in [0.4, 0.5) is 4.39 Å². The summed E-state index contributed by atoms with van der Waals surface area (Å²) >= 11 is 0. The first-order valence-corrected chi connectivity index (χ1v) is 6.57. The lowest BCUT2D eigenvalue weighted by molar-refractivity contribution is -0.132. The molecule has 0 amide bonds. The number of hydrogen-bond donors (Lipinski definition) is 2. The van der Waals surface area contributed by atoms with Gasteiger partial charge in [-0.1, -0.05) is 30.4 Å². The summed E-state index contributed by atoms with van der Waals surface area (Å²) in [5.41, 5.74) is 0.969. The van der Waals surface area contributed by atoms with Gasteiger partial charge in [-0.15, -0.1) is 5.10 Å². The summed E-state index contributed by atoms with van der Waals surface area (Å²) in [5, 5.41) is 12.6. The van der Waals surface area contributed by atoms with Gasteiger partial charge < -0.3 is 15.7 Å². The average Bonchev–Trinajstić information content (AvgIpc) is 2.76. The van der Waals surface area contributed by atoms with Crippen molar-refractivity contribution >= 4 is 11.9 Å². The van der Waals surface area contributed by atoms with Crippen molar-refractivity contribution in [2.45, 2.75) is 13.0 Å². The van der Waals surface area contributed by atoms with Gasteiger partial charge in [0.25, 0.3) is 0 Å². The number of benzene rings is 1. The maximum Gasteiger partial charge on any atom is 0.331 e. The van der Waals surface area contributed by atoms with Crippen LogP contribution < -0.4 is 5.84 Å². The van der Waals surface area contributed by atoms with Crippen molar-refractivity contribution in [1.29, 1.82) is 0 Å². The first-order chi connectivity index (χ1) is 10.6. The molecule has 0 saturated carbocycles. The first-order valence-electron chi connectivity index (χ1n) is 6.57. The Hall–Kier alpha value is -2.89. The molecule has 0 radical (unpaired) electrons. The van der Waals surface area contributed by atoms with Gasteiger partial charge in [-0.2, -0.15) is 0 Å². The van der Waals surface area contributed by atoms with Crippen LogP contribution in [0.2, 0.25) is 0 Å². The fraction of sp³-hybridized carbons (Fsp3) is 0.125. The van der Waals surface area contributed by atoms with Crippen LogP contribution in [0.25, 0.3) is 0 Å². The predicted octanol–water partition coefficient (Wildman–Crippen LogP) is 2.51. The van der Waals surface area contributed by atoms with Gasteiger partial charge in [0.05, 0.1) is 0 Å². The molecular formula is C16H15FN2O3. The molecule has 0 bridgehead atoms. The fourth-order valence-corrected chi connectivity index (χ4v) is 1.90. The Labute approximate surface area is 126 Å². The van der Waals surface area contributed by atoms with Gasteiger partial charge in [0.2, 0.25) is 5.90 Å². The van der Waals surface area contributed by atoms with Crippen molar-refractivity contribution in [3.05, 3.63) is 71.1 Å². The summed E-state index contributed by atoms with van der Waals surface area (Å²) in [5.74, 6) is 3.94. The topological polar surface area (TPSA) is 84.9 Å². The number of rotatable bonds is 4. The van der Waals surface area contributed by atoms with E-state index in [0.29, 0.717) is 17.6 Å². The highest BCUT2D eigenvalue weighted by atomic mass is 19.1. The molecule has 5 nitrogen and oxygen atoms in total. The minimum atomic E-state index is -1.03. The predicted molar refractivity (Wildman–Crippen MR) is 80.4 cm³/mol. The number of carbonyl (C=O) groups is 1. The molecule has 0 fully saturated rings. The summed E-state index contributed by atoms with van der Waals surface area (Å²) in [7, 11) is 0. The molecule has 0 aromatic heterocycles. The van der Waals surface area contributed by atoms with Gasteiger partial charge in [0, 0.05) is 16.7 Å². The van der Waals surface area contributed by atoms with E-state index in [-0.39, 0.29) is 18.1 Å². The molecule has 0 aliphatic heterocycles. The zero-order valence-electron chi connectivity index (χ0n) is 11.7. The number of allylic oxidation sites excluding steroid dienone is 3. The second-order valence-corrected chi connectivity index (χ2v) is 4.54. The second kappa shape index (κ2) is 7.21. The maximum absolute atomic E-state index is 13.6. The lowest BCUT2D eigenvalue weighted by Crippen LogP contribution is -2.12. The third-order valence-corrected chi connectivity index (χ3v) is 3.04. The average molecular weight is 302 g/mol. The van der Waals surface area contributed by atoms with E-state index in [1.54, 1.807) is 36.4 Å². The molecule has 0 atom stereocenters. The van der Waals surface area contributed by atoms with Crippen LogP contribution in [0.5, 0.6) is 0 Å². The number of hydrogen-bond acceptors (Lipinski definition) is 4. The molecule has 0 heterocycles. The highest BCUT2D eigenvalue weighted by molar-refractivity contribution is 5.99. The largest absolute Gasteiger partial charge is 0.478 e. The number of carboxylic acids is 1. The van der Waals surface area contributed by atoms with E-state index in [2.05, 4.69) is 5.10 Å². The van der Waals surface area contributed by atoms with E-state index < -0.39 is 11.8 Å². The zero-order chi connectivity index (χ0) is 15.9. The minimum Gasteiger partial charge on any atom is -0.478 e. The highest BCUT2D eigenvalue weighted by Gasteiger charge is 2.14. The molecule has 0 unspecified atom stereocenters. The monoisotopic (exact) mass is 302 g/mol. The Morgan fingerprint density at radius 3 is 2.86 bits per heavy atom. The van der Waals surface area contributed by atoms with Crippen LogP contribution >= 0.6 is 0 Å². The Bertz CT molecular complexity index is 690. The van der Waals surface area contributed by atoms with Gasteiger partial charge >= 0.3 is 5.97 Å². The second-order valence-electron chi connectivity index (χ2n) is 4.54. The van der Waals surface area contributed by atoms with Crippen molar-refractivity contribution in [3.63, 3.8) is 0 Å². The van der Waals surface area contributed by atoms with E-state index in [9.17, 15) is 9.18 Å². The normalized spacial score (nSPS) is 14.9. The molecule has 6 heteroatoms. The lowest BCUT2D eigenvalue weighted by Gasteiger charge is -2.10. The van der Waals surface area contributed by atoms with Crippen LogP contribution in [0.15, 0.2) is 64.8 Å². The highest BCUT2D eigenvalue weighted by Crippen LogP contribution is 2.16. The third kappa shape index (κ3) is 3.82. The quantitative estimate of drug-likeness (QED) is 0.387. The van der Waals surface area contributed by atoms with Crippen molar-refractivity contribution in [3.8, 4) is 0 Å². The summed E-state index contributed by atoms with van der Waals surface area (Å²) < 4.78 is 19.0. The van der Waals surface area contributed by atoms with Crippen molar-refractivity contribution in [1.82, 2.24) is 0 Å². The Kier molecular flexibility index (Phi) is 5.08. The number of hydrazone groups is 1. The SMILES string of the molecule is N/N=C(\OCc1ccccc1F)C1=CC=CCC(C(=O)O)=C1. The summed E-state index contributed by atoms with van der Waals surface area (Å²) in [4.78, 5) is 11.1. The number of carboxylic acid groups (broad SMARTS) is 1. The van der Waals surface area contributed by atoms with Crippen molar-refractivity contribution in [2.24, 2.45) is 10.9 Å². The van der Waals surface area contributed by atoms with E-state index in [1.165, 1.54) is 12.1 Å². The minimum absolute atomic E-state index is 0.0496. The molecular weight excluding hydrogens is 287 g/mol. The van der Waals surface area contributed by atoms with E-state index in [4.69, 9.17) is 15.7 Å². The molecule has 0 spiro atoms. The number of aliphatic carboxylic acids is 1. The van der Waals surface area contributed by atoms with Gasteiger partial charge in [-0.3, -0.25) is 0 Å². The summed E-state index contributed by atoms with van der Waals surface area (Å²) in [6.45, 7) is -0.0555. The van der Waals surface area contributed by atoms with Gasteiger partial charge in [-0.25, -0.2) is 9.18 Å². The number of halogens is 1. The molecule has 3 N–H and O–H groups in total. The molecule has 1 aliphatic carbocycles. The van der Waals surface area contributed by atoms with E-state index in [0.717, 1.165) is 0 Å². The smallest absolute Gasteiger partial charge is 0.331 e. The molecule has 1 aromatic carbocycles. The van der Waals surface area contributed by atoms with Gasteiger partial charge in [-0.05, 0) is 24.6 Å². The van der Waals surface area contributed by atoms with Crippen LogP contribution in [-0.4, -0.2) is 17.0 Å². The van der Waals surface area contributed by atoms with E-state index in [1.807, 2.05) is 0 Å². The fourth-order valence-electron chi connectivity index (χ4n) is 1.90. The molecule has 1 aromatic rings. The Morgan fingerprint density at radius 2 is 2.18 bits per heavy atom. The van der Waals surface area contributed by atoms with Gasteiger partial charge in [0.15, 0.2) is 0 Å². The Morgan fingerprint density at radius 1 is 1.41 bits per heavy atom. The molecule has 2 rings (SSSR count). The van der Waals surface area contributed by atoms with Crippen molar-refractivity contribution < 1.29 is 19.0 Å². The zero-order valence-corrected chi connectivity index (χ0v) is 11.7. The van der Waals surface area contributed by atoms with Crippen LogP contribution in [0.3, 0.4) is 0 Å². The number of nitrogens with two attached hydrogens (primary N) is 1. The third-order valence-electron chi connectivity index (χ3n) is 3.04.